The molecular weight excluding hydrogens is 566 g/mol. The van der Waals surface area contributed by atoms with E-state index in [1.54, 1.807) is 31.2 Å². The molecule has 3 aromatic rings. The van der Waals surface area contributed by atoms with E-state index in [4.69, 9.17) is 15.9 Å². The number of esters is 2. The van der Waals surface area contributed by atoms with Crippen molar-refractivity contribution in [2.24, 2.45) is 0 Å². The molecule has 0 aliphatic carbocycles. The first-order chi connectivity index (χ1) is 21.8. The van der Waals surface area contributed by atoms with Gasteiger partial charge in [0.1, 0.15) is 6.04 Å². The maximum Gasteiger partial charge on any atom is 0.341 e. The lowest BCUT2D eigenvalue weighted by atomic mass is 9.80. The van der Waals surface area contributed by atoms with E-state index in [9.17, 15) is 14.4 Å². The van der Waals surface area contributed by atoms with Crippen LogP contribution in [0.25, 0.3) is 0 Å². The number of dihydropyridines is 1. The molecule has 8 nitrogen and oxygen atoms in total. The Hall–Kier alpha value is -4.97. The summed E-state index contributed by atoms with van der Waals surface area (Å²) in [6.45, 7) is 6.57. The van der Waals surface area contributed by atoms with Gasteiger partial charge in [0.05, 0.1) is 43.0 Å². The zero-order valence-electron chi connectivity index (χ0n) is 25.8. The van der Waals surface area contributed by atoms with Crippen molar-refractivity contribution in [1.29, 1.82) is 0 Å². The monoisotopic (exact) mass is 604 g/mol. The van der Waals surface area contributed by atoms with Gasteiger partial charge in [-0.05, 0) is 24.6 Å². The van der Waals surface area contributed by atoms with E-state index < -0.39 is 24.1 Å². The van der Waals surface area contributed by atoms with Gasteiger partial charge in [-0.1, -0.05) is 78.7 Å². The first-order valence-corrected chi connectivity index (χ1v) is 15.0. The Bertz CT molecular complexity index is 1630. The fourth-order valence-electron chi connectivity index (χ4n) is 6.72. The smallest absolute Gasteiger partial charge is 0.341 e. The minimum absolute atomic E-state index is 0.0180. The van der Waals surface area contributed by atoms with E-state index in [-0.39, 0.29) is 22.9 Å². The van der Waals surface area contributed by atoms with Crippen LogP contribution in [0, 0.1) is 12.3 Å². The molecule has 2 aliphatic heterocycles. The number of carbonyl (C=O) groups is 3. The first kappa shape index (κ1) is 31.5. The lowest BCUT2D eigenvalue weighted by Gasteiger charge is -2.50. The molecule has 0 spiro atoms. The van der Waals surface area contributed by atoms with Crippen LogP contribution in [-0.2, 0) is 23.9 Å². The average Bonchev–Trinajstić information content (AvgIpc) is 3.08. The van der Waals surface area contributed by atoms with Gasteiger partial charge in [0.15, 0.2) is 6.29 Å². The van der Waals surface area contributed by atoms with E-state index in [0.717, 1.165) is 37.3 Å². The van der Waals surface area contributed by atoms with Crippen molar-refractivity contribution in [1.82, 2.24) is 10.6 Å². The number of piperazine rings is 1. The topological polar surface area (TPSA) is 93.7 Å². The second kappa shape index (κ2) is 13.8. The van der Waals surface area contributed by atoms with E-state index >= 15 is 0 Å². The number of quaternary nitrogens is 1. The maximum atomic E-state index is 14.4. The van der Waals surface area contributed by atoms with E-state index in [0.29, 0.717) is 27.6 Å². The number of ether oxygens (including phenoxy) is 2. The van der Waals surface area contributed by atoms with Crippen LogP contribution in [0.1, 0.15) is 48.1 Å². The first-order valence-electron chi connectivity index (χ1n) is 15.0. The molecule has 5 rings (SSSR count). The van der Waals surface area contributed by atoms with Gasteiger partial charge in [-0.25, -0.2) is 9.59 Å². The summed E-state index contributed by atoms with van der Waals surface area (Å²) in [7, 11) is 1.24. The third kappa shape index (κ3) is 6.18. The Morgan fingerprint density at radius 2 is 1.56 bits per heavy atom. The number of hydrogen-bond acceptors (Lipinski definition) is 7. The molecule has 2 unspecified atom stereocenters. The molecule has 230 valence electrons. The van der Waals surface area contributed by atoms with Crippen LogP contribution in [0.2, 0.25) is 0 Å². The third-order valence-electron chi connectivity index (χ3n) is 8.88. The van der Waals surface area contributed by atoms with E-state index in [2.05, 4.69) is 40.8 Å². The Morgan fingerprint density at radius 1 is 0.933 bits per heavy atom. The van der Waals surface area contributed by atoms with Crippen molar-refractivity contribution >= 4 is 18.2 Å². The number of nitrogens with zero attached hydrogens (tertiary/aromatic N) is 1. The Morgan fingerprint density at radius 3 is 2.11 bits per heavy atom. The summed E-state index contributed by atoms with van der Waals surface area (Å²) in [5.41, 5.74) is 4.06. The number of nitrogens with one attached hydrogen (secondary N) is 2. The van der Waals surface area contributed by atoms with Crippen molar-refractivity contribution in [2.75, 3.05) is 33.3 Å². The van der Waals surface area contributed by atoms with Crippen LogP contribution in [0.3, 0.4) is 0 Å². The number of methoxy groups -OCH3 is 1. The zero-order valence-corrected chi connectivity index (χ0v) is 25.8. The molecule has 0 radical (unpaired) electrons. The van der Waals surface area contributed by atoms with Gasteiger partial charge in [-0.15, -0.1) is 6.42 Å². The highest BCUT2D eigenvalue weighted by atomic mass is 16.6. The number of hydrogen-bond donors (Lipinski definition) is 2. The molecule has 3 aromatic carbocycles. The van der Waals surface area contributed by atoms with Crippen molar-refractivity contribution in [2.45, 2.75) is 32.0 Å². The molecule has 0 saturated carbocycles. The number of rotatable bonds is 9. The predicted octanol–water partition coefficient (Wildman–Crippen LogP) is 4.35. The number of aldehydes is 1. The van der Waals surface area contributed by atoms with Gasteiger partial charge >= 0.3 is 11.9 Å². The Kier molecular flexibility index (Phi) is 9.62. The summed E-state index contributed by atoms with van der Waals surface area (Å²) < 4.78 is 12.0. The standard InChI is InChI=1S/C37H37N3O5/c1-5-27-13-12-18-30(23-27)33-32(25(2)39-31(24-41)34(33)36(42)44-4)37(43)45-26(3)40(21-19-38-20-22-40)35(28-14-8-6-9-15-28)29-16-10-7-11-17-29/h1,6-18,23-24,26,33,35,38H,19-22H2,2-4H3/p+1. The lowest BCUT2D eigenvalue weighted by Crippen LogP contribution is -2.65. The summed E-state index contributed by atoms with van der Waals surface area (Å²) >= 11 is 0. The van der Waals surface area contributed by atoms with Crippen LogP contribution >= 0.6 is 0 Å². The summed E-state index contributed by atoms with van der Waals surface area (Å²) in [5, 5.41) is 6.43. The van der Waals surface area contributed by atoms with Crippen molar-refractivity contribution in [3.8, 4) is 12.3 Å². The molecule has 2 N–H and O–H groups in total. The normalized spacial score (nSPS) is 18.4. The quantitative estimate of drug-likeness (QED) is 0.162. The van der Waals surface area contributed by atoms with E-state index in [1.807, 2.05) is 43.3 Å². The van der Waals surface area contributed by atoms with Crippen molar-refractivity contribution in [3.63, 3.8) is 0 Å². The van der Waals surface area contributed by atoms with Crippen LogP contribution in [0.15, 0.2) is 107 Å². The lowest BCUT2D eigenvalue weighted by molar-refractivity contribution is -0.990. The Labute approximate surface area is 264 Å². The minimum atomic E-state index is -0.942. The second-order valence-electron chi connectivity index (χ2n) is 11.3. The maximum absolute atomic E-state index is 14.4. The second-order valence-corrected chi connectivity index (χ2v) is 11.3. The summed E-state index contributed by atoms with van der Waals surface area (Å²) in [6.07, 6.45) is 5.68. The molecule has 1 fully saturated rings. The molecule has 2 atom stereocenters. The largest absolute Gasteiger partial charge is 0.466 e. The van der Waals surface area contributed by atoms with Gasteiger partial charge < -0.3 is 20.1 Å². The van der Waals surface area contributed by atoms with Crippen molar-refractivity contribution in [3.05, 3.63) is 130 Å². The SMILES string of the molecule is C#Cc1cccc(C2C(C(=O)OC(C)[N+]3(C(c4ccccc4)c4ccccc4)CCNCC3)=C(C)NC(C=O)=C2C(=O)OC)c1. The molecule has 0 aromatic heterocycles. The molecule has 1 saturated heterocycles. The van der Waals surface area contributed by atoms with Crippen molar-refractivity contribution < 1.29 is 28.3 Å². The number of benzene rings is 3. The van der Waals surface area contributed by atoms with Crippen LogP contribution in [-0.4, -0.2) is 62.2 Å². The van der Waals surface area contributed by atoms with Gasteiger partial charge in [-0.2, -0.15) is 0 Å². The summed E-state index contributed by atoms with van der Waals surface area (Å²) in [4.78, 5) is 39.8. The minimum Gasteiger partial charge on any atom is -0.466 e. The fraction of sp³-hybridized carbons (Fsp3) is 0.270. The molecule has 2 aliphatic rings. The number of terminal acetylenes is 1. The number of allylic oxidation sites excluding steroid dienone is 2. The van der Waals surface area contributed by atoms with Gasteiger partial charge in [0.2, 0.25) is 6.23 Å². The molecule has 0 amide bonds. The molecule has 2 heterocycles. The molecule has 8 heteroatoms. The predicted molar refractivity (Wildman–Crippen MR) is 171 cm³/mol. The van der Waals surface area contributed by atoms with Gasteiger partial charge in [0.25, 0.3) is 0 Å². The highest BCUT2D eigenvalue weighted by Crippen LogP contribution is 2.42. The zero-order chi connectivity index (χ0) is 32.0. The molecule has 0 bridgehead atoms. The average molecular weight is 605 g/mol. The Balaban J connectivity index is 1.59. The van der Waals surface area contributed by atoms with E-state index in [1.165, 1.54) is 7.11 Å². The molecular formula is C37H38N3O5+. The van der Waals surface area contributed by atoms with Crippen LogP contribution in [0.4, 0.5) is 0 Å². The fourth-order valence-corrected chi connectivity index (χ4v) is 6.72. The van der Waals surface area contributed by atoms with Gasteiger partial charge in [0, 0.05) is 42.4 Å². The third-order valence-corrected chi connectivity index (χ3v) is 8.88. The highest BCUT2D eigenvalue weighted by Gasteiger charge is 2.48. The molecule has 45 heavy (non-hydrogen) atoms. The summed E-state index contributed by atoms with van der Waals surface area (Å²) in [5.74, 6) is 0.346. The summed E-state index contributed by atoms with van der Waals surface area (Å²) in [6, 6.07) is 27.5. The van der Waals surface area contributed by atoms with Gasteiger partial charge in [-0.3, -0.25) is 9.28 Å². The van der Waals surface area contributed by atoms with Crippen LogP contribution in [0.5, 0.6) is 0 Å². The highest BCUT2D eigenvalue weighted by molar-refractivity contribution is 6.03. The van der Waals surface area contributed by atoms with Crippen LogP contribution < -0.4 is 10.6 Å². The number of carbonyl (C=O) groups excluding carboxylic acids is 3.